The lowest BCUT2D eigenvalue weighted by Gasteiger charge is -2.26. The van der Waals surface area contributed by atoms with Crippen LogP contribution in [0.4, 0.5) is 5.69 Å². The number of nitrogens with two attached hydrogens (primary N) is 1. The maximum Gasteiger partial charge on any atom is 0.0459 e. The number of halogens is 1. The molecule has 1 heterocycles. The Morgan fingerprint density at radius 3 is 2.90 bits per heavy atom. The highest BCUT2D eigenvalue weighted by Gasteiger charge is 2.19. The summed E-state index contributed by atoms with van der Waals surface area (Å²) in [6.07, 6.45) is 7.52. The van der Waals surface area contributed by atoms with Crippen molar-refractivity contribution in [2.75, 3.05) is 24.5 Å². The number of hydrogen-bond donors (Lipinski definition) is 1. The van der Waals surface area contributed by atoms with Crippen LogP contribution in [0.2, 0.25) is 5.02 Å². The number of benzene rings is 1. The van der Waals surface area contributed by atoms with Gasteiger partial charge in [-0.15, -0.1) is 0 Å². The minimum Gasteiger partial charge on any atom is -0.371 e. The molecular weight excluding hydrogens is 268 g/mol. The molecule has 0 bridgehead atoms. The number of anilines is 1. The molecule has 3 heteroatoms. The summed E-state index contributed by atoms with van der Waals surface area (Å²) in [4.78, 5) is 2.52. The zero-order valence-electron chi connectivity index (χ0n) is 12.6. The fourth-order valence-corrected chi connectivity index (χ4v) is 3.60. The summed E-state index contributed by atoms with van der Waals surface area (Å²) in [7, 11) is 0. The summed E-state index contributed by atoms with van der Waals surface area (Å²) in [5.41, 5.74) is 8.28. The summed E-state index contributed by atoms with van der Waals surface area (Å²) in [6.45, 7) is 5.25. The van der Waals surface area contributed by atoms with E-state index in [2.05, 4.69) is 24.0 Å². The third-order valence-corrected chi connectivity index (χ3v) is 4.73. The second-order valence-corrected chi connectivity index (χ2v) is 6.26. The van der Waals surface area contributed by atoms with Crippen molar-refractivity contribution in [2.24, 2.45) is 11.7 Å². The van der Waals surface area contributed by atoms with E-state index >= 15 is 0 Å². The summed E-state index contributed by atoms with van der Waals surface area (Å²) < 4.78 is 0. The lowest BCUT2D eigenvalue weighted by Crippen LogP contribution is -2.26. The molecule has 0 amide bonds. The van der Waals surface area contributed by atoms with Crippen LogP contribution in [0.15, 0.2) is 18.2 Å². The Bertz CT molecular complexity index is 419. The van der Waals surface area contributed by atoms with Crippen LogP contribution in [-0.4, -0.2) is 19.6 Å². The Balaban J connectivity index is 2.13. The van der Waals surface area contributed by atoms with Crippen molar-refractivity contribution >= 4 is 17.3 Å². The normalized spacial score (nSPS) is 19.9. The highest BCUT2D eigenvalue weighted by atomic mass is 35.5. The van der Waals surface area contributed by atoms with Gasteiger partial charge in [-0.25, -0.2) is 0 Å². The first-order valence-corrected chi connectivity index (χ1v) is 8.36. The lowest BCUT2D eigenvalue weighted by atomic mass is 9.96. The van der Waals surface area contributed by atoms with E-state index in [0.717, 1.165) is 30.5 Å². The van der Waals surface area contributed by atoms with E-state index in [9.17, 15) is 0 Å². The maximum atomic E-state index is 6.36. The van der Waals surface area contributed by atoms with E-state index in [1.807, 2.05) is 6.07 Å². The largest absolute Gasteiger partial charge is 0.371 e. The Kier molecular flexibility index (Phi) is 6.18. The monoisotopic (exact) mass is 294 g/mol. The molecule has 0 radical (unpaired) electrons. The van der Waals surface area contributed by atoms with E-state index < -0.39 is 0 Å². The molecule has 1 aliphatic rings. The van der Waals surface area contributed by atoms with Gasteiger partial charge in [0.25, 0.3) is 0 Å². The van der Waals surface area contributed by atoms with Gasteiger partial charge in [0.2, 0.25) is 0 Å². The Morgan fingerprint density at radius 2 is 2.15 bits per heavy atom. The Hall–Kier alpha value is -0.730. The van der Waals surface area contributed by atoms with E-state index in [1.165, 1.54) is 43.4 Å². The van der Waals surface area contributed by atoms with Crippen molar-refractivity contribution in [2.45, 2.75) is 45.4 Å². The standard InChI is InChI=1S/C17H27ClN2/c1-2-5-14-6-4-12-20(13-10-14)17-8-3-7-16(18)15(17)9-11-19/h3,7-8,14H,2,4-6,9-13,19H2,1H3. The molecule has 0 spiro atoms. The van der Waals surface area contributed by atoms with Gasteiger partial charge in [0.15, 0.2) is 0 Å². The minimum atomic E-state index is 0.656. The first kappa shape index (κ1) is 15.7. The van der Waals surface area contributed by atoms with Crippen LogP contribution in [0.25, 0.3) is 0 Å². The van der Waals surface area contributed by atoms with Crippen LogP contribution in [-0.2, 0) is 6.42 Å². The molecular formula is C17H27ClN2. The molecule has 1 aromatic rings. The molecule has 0 saturated carbocycles. The van der Waals surface area contributed by atoms with Crippen LogP contribution in [0.5, 0.6) is 0 Å². The predicted molar refractivity (Wildman–Crippen MR) is 88.7 cm³/mol. The Labute approximate surface area is 128 Å². The number of nitrogens with zero attached hydrogens (tertiary/aromatic N) is 1. The SMILES string of the molecule is CCCC1CCCN(c2cccc(Cl)c2CCN)CC1. The molecule has 2 rings (SSSR count). The fourth-order valence-electron chi connectivity index (χ4n) is 3.34. The van der Waals surface area contributed by atoms with Crippen molar-refractivity contribution in [1.29, 1.82) is 0 Å². The van der Waals surface area contributed by atoms with E-state index in [1.54, 1.807) is 0 Å². The first-order valence-electron chi connectivity index (χ1n) is 7.98. The van der Waals surface area contributed by atoms with Gasteiger partial charge in [-0.2, -0.15) is 0 Å². The zero-order chi connectivity index (χ0) is 14.4. The molecule has 112 valence electrons. The van der Waals surface area contributed by atoms with Gasteiger partial charge in [-0.3, -0.25) is 0 Å². The van der Waals surface area contributed by atoms with Crippen molar-refractivity contribution in [3.05, 3.63) is 28.8 Å². The third-order valence-electron chi connectivity index (χ3n) is 4.37. The van der Waals surface area contributed by atoms with Gasteiger partial charge >= 0.3 is 0 Å². The Morgan fingerprint density at radius 1 is 1.30 bits per heavy atom. The van der Waals surface area contributed by atoms with Gasteiger partial charge in [-0.05, 0) is 55.8 Å². The predicted octanol–water partition coefficient (Wildman–Crippen LogP) is 4.25. The second kappa shape index (κ2) is 7.90. The molecule has 1 unspecified atom stereocenters. The third kappa shape index (κ3) is 3.89. The average Bonchev–Trinajstić information content (AvgIpc) is 2.67. The van der Waals surface area contributed by atoms with Gasteiger partial charge in [0.1, 0.15) is 0 Å². The molecule has 1 aromatic carbocycles. The lowest BCUT2D eigenvalue weighted by molar-refractivity contribution is 0.435. The maximum absolute atomic E-state index is 6.36. The van der Waals surface area contributed by atoms with E-state index in [4.69, 9.17) is 17.3 Å². The van der Waals surface area contributed by atoms with Gasteiger partial charge in [0, 0.05) is 23.8 Å². The molecule has 1 aliphatic heterocycles. The smallest absolute Gasteiger partial charge is 0.0459 e. The minimum absolute atomic E-state index is 0.656. The molecule has 1 fully saturated rings. The number of rotatable bonds is 5. The average molecular weight is 295 g/mol. The molecule has 0 aromatic heterocycles. The van der Waals surface area contributed by atoms with Gasteiger partial charge in [0.05, 0.1) is 0 Å². The summed E-state index contributed by atoms with van der Waals surface area (Å²) in [5, 5.41) is 0.863. The molecule has 2 N–H and O–H groups in total. The highest BCUT2D eigenvalue weighted by Crippen LogP contribution is 2.31. The zero-order valence-corrected chi connectivity index (χ0v) is 13.3. The van der Waals surface area contributed by atoms with Crippen molar-refractivity contribution in [3.63, 3.8) is 0 Å². The van der Waals surface area contributed by atoms with Crippen molar-refractivity contribution in [1.82, 2.24) is 0 Å². The van der Waals surface area contributed by atoms with Gasteiger partial charge in [-0.1, -0.05) is 37.4 Å². The quantitative estimate of drug-likeness (QED) is 0.880. The van der Waals surface area contributed by atoms with Crippen molar-refractivity contribution < 1.29 is 0 Å². The molecule has 20 heavy (non-hydrogen) atoms. The molecule has 1 atom stereocenters. The van der Waals surface area contributed by atoms with Crippen LogP contribution in [0.1, 0.15) is 44.6 Å². The van der Waals surface area contributed by atoms with Crippen LogP contribution in [0, 0.1) is 5.92 Å². The van der Waals surface area contributed by atoms with Crippen LogP contribution < -0.4 is 10.6 Å². The molecule has 0 aliphatic carbocycles. The van der Waals surface area contributed by atoms with Crippen LogP contribution in [0.3, 0.4) is 0 Å². The summed E-state index contributed by atoms with van der Waals surface area (Å²) in [5.74, 6) is 0.905. The van der Waals surface area contributed by atoms with Crippen molar-refractivity contribution in [3.8, 4) is 0 Å². The first-order chi connectivity index (χ1) is 9.76. The molecule has 1 saturated heterocycles. The van der Waals surface area contributed by atoms with E-state index in [-0.39, 0.29) is 0 Å². The summed E-state index contributed by atoms with van der Waals surface area (Å²) >= 11 is 6.36. The summed E-state index contributed by atoms with van der Waals surface area (Å²) in [6, 6.07) is 6.25. The molecule has 2 nitrogen and oxygen atoms in total. The highest BCUT2D eigenvalue weighted by molar-refractivity contribution is 6.31. The topological polar surface area (TPSA) is 29.3 Å². The fraction of sp³-hybridized carbons (Fsp3) is 0.647. The van der Waals surface area contributed by atoms with E-state index in [0.29, 0.717) is 6.54 Å². The van der Waals surface area contributed by atoms with Crippen LogP contribution >= 0.6 is 11.6 Å². The van der Waals surface area contributed by atoms with Gasteiger partial charge < -0.3 is 10.6 Å². The second-order valence-electron chi connectivity index (χ2n) is 5.85. The number of hydrogen-bond acceptors (Lipinski definition) is 2.